The molecule has 5 heteroatoms. The summed E-state index contributed by atoms with van der Waals surface area (Å²) in [5.41, 5.74) is 6.93. The number of hydrogen-bond donors (Lipinski definition) is 1. The minimum atomic E-state index is -0.713. The second-order valence-corrected chi connectivity index (χ2v) is 4.71. The minimum absolute atomic E-state index is 0.0863. The second-order valence-electron chi connectivity index (χ2n) is 4.71. The van der Waals surface area contributed by atoms with Crippen molar-refractivity contribution in [2.45, 2.75) is 26.0 Å². The summed E-state index contributed by atoms with van der Waals surface area (Å²) in [6.45, 7) is 1.87. The fourth-order valence-corrected chi connectivity index (χ4v) is 1.87. The highest BCUT2D eigenvalue weighted by Gasteiger charge is 2.13. The van der Waals surface area contributed by atoms with Gasteiger partial charge in [-0.3, -0.25) is 4.98 Å². The highest BCUT2D eigenvalue weighted by Crippen LogP contribution is 2.24. The zero-order valence-electron chi connectivity index (χ0n) is 11.1. The van der Waals surface area contributed by atoms with Gasteiger partial charge in [0, 0.05) is 18.4 Å². The third-order valence-corrected chi connectivity index (χ3v) is 2.75. The molecule has 2 aromatic rings. The number of ether oxygens (including phenoxy) is 1. The molecule has 0 saturated carbocycles. The molecule has 0 radical (unpaired) electrons. The number of nitrogens with zero attached hydrogens (tertiary/aromatic N) is 1. The van der Waals surface area contributed by atoms with Crippen LogP contribution >= 0.6 is 0 Å². The molecule has 0 aliphatic rings. The van der Waals surface area contributed by atoms with Crippen molar-refractivity contribution < 1.29 is 13.5 Å². The predicted molar refractivity (Wildman–Crippen MR) is 72.3 cm³/mol. The van der Waals surface area contributed by atoms with E-state index in [0.717, 1.165) is 5.56 Å². The molecule has 0 aliphatic carbocycles. The molecule has 106 valence electrons. The van der Waals surface area contributed by atoms with Gasteiger partial charge in [-0.05, 0) is 48.7 Å². The Morgan fingerprint density at radius 3 is 2.30 bits per heavy atom. The van der Waals surface area contributed by atoms with Crippen LogP contribution in [-0.4, -0.2) is 11.0 Å². The Morgan fingerprint density at radius 2 is 1.75 bits per heavy atom. The Hall–Kier alpha value is -2.01. The lowest BCUT2D eigenvalue weighted by Gasteiger charge is -2.11. The normalized spacial score (nSPS) is 12.2. The number of halogens is 2. The Kier molecular flexibility index (Phi) is 4.63. The molecule has 0 aliphatic heterocycles. The van der Waals surface area contributed by atoms with Crippen LogP contribution < -0.4 is 10.5 Å². The molecule has 20 heavy (non-hydrogen) atoms. The van der Waals surface area contributed by atoms with Gasteiger partial charge in [-0.15, -0.1) is 0 Å². The third kappa shape index (κ3) is 3.74. The standard InChI is InChI=1S/C15H16F2N2O/c1-10(18)6-12-7-13(16)15(14(17)8-12)20-9-11-2-4-19-5-3-11/h2-5,7-8,10H,6,9,18H2,1H3. The summed E-state index contributed by atoms with van der Waals surface area (Å²) in [7, 11) is 0. The van der Waals surface area contributed by atoms with E-state index in [1.807, 2.05) is 0 Å². The average Bonchev–Trinajstić information content (AvgIpc) is 2.38. The smallest absolute Gasteiger partial charge is 0.191 e. The van der Waals surface area contributed by atoms with Crippen molar-refractivity contribution in [3.8, 4) is 5.75 Å². The van der Waals surface area contributed by atoms with Crippen molar-refractivity contribution >= 4 is 0 Å². The van der Waals surface area contributed by atoms with Crippen LogP contribution in [0.1, 0.15) is 18.1 Å². The number of hydrogen-bond acceptors (Lipinski definition) is 3. The van der Waals surface area contributed by atoms with Crippen molar-refractivity contribution in [3.05, 3.63) is 59.4 Å². The average molecular weight is 278 g/mol. The van der Waals surface area contributed by atoms with Crippen molar-refractivity contribution in [2.24, 2.45) is 5.73 Å². The van der Waals surface area contributed by atoms with Gasteiger partial charge in [0.25, 0.3) is 0 Å². The predicted octanol–water partition coefficient (Wildman–Crippen LogP) is 2.83. The van der Waals surface area contributed by atoms with E-state index in [1.54, 1.807) is 31.5 Å². The van der Waals surface area contributed by atoms with Gasteiger partial charge in [-0.1, -0.05) is 0 Å². The lowest BCUT2D eigenvalue weighted by molar-refractivity contribution is 0.273. The molecule has 1 atom stereocenters. The lowest BCUT2D eigenvalue weighted by Crippen LogP contribution is -2.18. The van der Waals surface area contributed by atoms with Crippen LogP contribution in [-0.2, 0) is 13.0 Å². The summed E-state index contributed by atoms with van der Waals surface area (Å²) in [6.07, 6.45) is 3.60. The summed E-state index contributed by atoms with van der Waals surface area (Å²) in [6, 6.07) is 5.81. The summed E-state index contributed by atoms with van der Waals surface area (Å²) in [4.78, 5) is 3.86. The van der Waals surface area contributed by atoms with Gasteiger partial charge >= 0.3 is 0 Å². The van der Waals surface area contributed by atoms with Gasteiger partial charge in [0.2, 0.25) is 0 Å². The van der Waals surface area contributed by atoms with Crippen LogP contribution in [0.25, 0.3) is 0 Å². The fraction of sp³-hybridized carbons (Fsp3) is 0.267. The Balaban J connectivity index is 2.12. The first-order valence-corrected chi connectivity index (χ1v) is 6.31. The summed E-state index contributed by atoms with van der Waals surface area (Å²) < 4.78 is 32.9. The van der Waals surface area contributed by atoms with Gasteiger partial charge in [-0.25, -0.2) is 8.78 Å². The third-order valence-electron chi connectivity index (χ3n) is 2.75. The molecule has 0 fully saturated rings. The van der Waals surface area contributed by atoms with Gasteiger partial charge in [-0.2, -0.15) is 0 Å². The van der Waals surface area contributed by atoms with E-state index >= 15 is 0 Å². The van der Waals surface area contributed by atoms with E-state index < -0.39 is 11.6 Å². The number of rotatable bonds is 5. The maximum Gasteiger partial charge on any atom is 0.191 e. The molecule has 1 aromatic carbocycles. The highest BCUT2D eigenvalue weighted by atomic mass is 19.1. The van der Waals surface area contributed by atoms with E-state index in [0.29, 0.717) is 12.0 Å². The molecular weight excluding hydrogens is 262 g/mol. The van der Waals surface area contributed by atoms with Gasteiger partial charge in [0.1, 0.15) is 6.61 Å². The topological polar surface area (TPSA) is 48.1 Å². The number of aromatic nitrogens is 1. The maximum absolute atomic E-state index is 13.8. The Labute approximate surface area is 116 Å². The zero-order chi connectivity index (χ0) is 14.5. The van der Waals surface area contributed by atoms with E-state index in [4.69, 9.17) is 10.5 Å². The van der Waals surface area contributed by atoms with Crippen LogP contribution in [0.3, 0.4) is 0 Å². The maximum atomic E-state index is 13.8. The van der Waals surface area contributed by atoms with Crippen molar-refractivity contribution in [2.75, 3.05) is 0 Å². The Morgan fingerprint density at radius 1 is 1.15 bits per heavy atom. The van der Waals surface area contributed by atoms with E-state index in [1.165, 1.54) is 12.1 Å². The highest BCUT2D eigenvalue weighted by molar-refractivity contribution is 5.32. The van der Waals surface area contributed by atoms with Crippen molar-refractivity contribution in [1.82, 2.24) is 4.98 Å². The first-order chi connectivity index (χ1) is 9.56. The molecule has 0 amide bonds. The molecule has 2 N–H and O–H groups in total. The monoisotopic (exact) mass is 278 g/mol. The molecule has 2 rings (SSSR count). The van der Waals surface area contributed by atoms with Crippen LogP contribution in [0.2, 0.25) is 0 Å². The second kappa shape index (κ2) is 6.43. The molecule has 0 saturated heterocycles. The van der Waals surface area contributed by atoms with Crippen molar-refractivity contribution in [3.63, 3.8) is 0 Å². The number of pyridine rings is 1. The Bertz CT molecular complexity index is 550. The van der Waals surface area contributed by atoms with Gasteiger partial charge < -0.3 is 10.5 Å². The van der Waals surface area contributed by atoms with E-state index in [2.05, 4.69) is 4.98 Å². The van der Waals surface area contributed by atoms with Crippen molar-refractivity contribution in [1.29, 1.82) is 0 Å². The minimum Gasteiger partial charge on any atom is -0.483 e. The van der Waals surface area contributed by atoms with Crippen LogP contribution in [0.5, 0.6) is 5.75 Å². The zero-order valence-corrected chi connectivity index (χ0v) is 11.1. The molecule has 3 nitrogen and oxygen atoms in total. The quantitative estimate of drug-likeness (QED) is 0.915. The number of benzene rings is 1. The van der Waals surface area contributed by atoms with Gasteiger partial charge in [0.05, 0.1) is 0 Å². The first kappa shape index (κ1) is 14.4. The molecular formula is C15H16F2N2O. The SMILES string of the molecule is CC(N)Cc1cc(F)c(OCc2ccncc2)c(F)c1. The molecule has 1 heterocycles. The largest absolute Gasteiger partial charge is 0.483 e. The van der Waals surface area contributed by atoms with E-state index in [-0.39, 0.29) is 18.4 Å². The van der Waals surface area contributed by atoms with Crippen LogP contribution in [0.4, 0.5) is 8.78 Å². The molecule has 1 aromatic heterocycles. The van der Waals surface area contributed by atoms with Crippen LogP contribution in [0.15, 0.2) is 36.7 Å². The molecule has 1 unspecified atom stereocenters. The first-order valence-electron chi connectivity index (χ1n) is 6.31. The van der Waals surface area contributed by atoms with E-state index in [9.17, 15) is 8.78 Å². The summed E-state index contributed by atoms with van der Waals surface area (Å²) in [5, 5.41) is 0. The molecule has 0 bridgehead atoms. The fourth-order valence-electron chi connectivity index (χ4n) is 1.87. The lowest BCUT2D eigenvalue weighted by atomic mass is 10.1. The van der Waals surface area contributed by atoms with Gasteiger partial charge in [0.15, 0.2) is 17.4 Å². The number of nitrogens with two attached hydrogens (primary N) is 1. The summed E-state index contributed by atoms with van der Waals surface area (Å²) >= 11 is 0. The summed E-state index contributed by atoms with van der Waals surface area (Å²) in [5.74, 6) is -1.79. The molecule has 0 spiro atoms. The van der Waals surface area contributed by atoms with Crippen LogP contribution in [0, 0.1) is 11.6 Å².